The lowest BCUT2D eigenvalue weighted by Crippen LogP contribution is -2.44. The molecular formula is C13H15F2NO3S. The summed E-state index contributed by atoms with van der Waals surface area (Å²) in [5, 5.41) is 11.4. The quantitative estimate of drug-likeness (QED) is 0.793. The highest BCUT2D eigenvalue weighted by atomic mass is 32.2. The molecule has 1 aromatic rings. The molecule has 20 heavy (non-hydrogen) atoms. The summed E-state index contributed by atoms with van der Waals surface area (Å²) in [5.41, 5.74) is 0.232. The average molecular weight is 303 g/mol. The van der Waals surface area contributed by atoms with Crippen molar-refractivity contribution in [2.24, 2.45) is 5.92 Å². The topological polar surface area (TPSA) is 66.4 Å². The number of hydrogen-bond acceptors (Lipinski definition) is 3. The predicted molar refractivity (Wildman–Crippen MR) is 72.0 cm³/mol. The van der Waals surface area contributed by atoms with Crippen LogP contribution in [0.1, 0.15) is 24.2 Å². The second-order valence-electron chi connectivity index (χ2n) is 4.44. The summed E-state index contributed by atoms with van der Waals surface area (Å²) >= 11 is 0.383. The first-order chi connectivity index (χ1) is 9.31. The van der Waals surface area contributed by atoms with Crippen LogP contribution in [0.2, 0.25) is 0 Å². The molecule has 2 N–H and O–H groups in total. The zero-order valence-electron chi connectivity index (χ0n) is 11.0. The highest BCUT2D eigenvalue weighted by Gasteiger charge is 2.23. The van der Waals surface area contributed by atoms with E-state index in [9.17, 15) is 18.4 Å². The van der Waals surface area contributed by atoms with Gasteiger partial charge in [-0.3, -0.25) is 4.79 Å². The fourth-order valence-corrected chi connectivity index (χ4v) is 2.02. The maximum absolute atomic E-state index is 12.1. The number of halogens is 2. The van der Waals surface area contributed by atoms with Gasteiger partial charge in [0.2, 0.25) is 0 Å². The van der Waals surface area contributed by atoms with Crippen molar-refractivity contribution < 1.29 is 23.5 Å². The molecule has 110 valence electrons. The maximum Gasteiger partial charge on any atom is 0.326 e. The van der Waals surface area contributed by atoms with Crippen molar-refractivity contribution in [2.45, 2.75) is 30.5 Å². The Hall–Kier alpha value is -1.63. The second-order valence-corrected chi connectivity index (χ2v) is 5.50. The SMILES string of the molecule is CC(C)[C@@H](NC(=O)c1ccc(SC(F)F)cc1)C(=O)O. The van der Waals surface area contributed by atoms with Crippen molar-refractivity contribution in [3.05, 3.63) is 29.8 Å². The molecular weight excluding hydrogens is 288 g/mol. The first-order valence-corrected chi connectivity index (χ1v) is 6.77. The van der Waals surface area contributed by atoms with Crippen molar-refractivity contribution in [1.82, 2.24) is 5.32 Å². The Kier molecular flexibility index (Phi) is 5.94. The number of nitrogens with one attached hydrogen (secondary N) is 1. The first-order valence-electron chi connectivity index (χ1n) is 5.89. The number of carboxylic acids is 1. The Bertz CT molecular complexity index is 477. The van der Waals surface area contributed by atoms with Gasteiger partial charge in [-0.25, -0.2) is 4.79 Å². The molecule has 0 aliphatic carbocycles. The number of aliphatic carboxylic acids is 1. The Labute approximate surface area is 119 Å². The van der Waals surface area contributed by atoms with E-state index in [-0.39, 0.29) is 11.5 Å². The first kappa shape index (κ1) is 16.4. The molecule has 0 aliphatic rings. The fourth-order valence-electron chi connectivity index (χ4n) is 1.53. The lowest BCUT2D eigenvalue weighted by Gasteiger charge is -2.17. The van der Waals surface area contributed by atoms with E-state index >= 15 is 0 Å². The van der Waals surface area contributed by atoms with Crippen molar-refractivity contribution in [2.75, 3.05) is 0 Å². The minimum absolute atomic E-state index is 0.232. The van der Waals surface area contributed by atoms with Crippen molar-refractivity contribution >= 4 is 23.6 Å². The Balaban J connectivity index is 2.74. The van der Waals surface area contributed by atoms with Gasteiger partial charge in [-0.2, -0.15) is 8.78 Å². The van der Waals surface area contributed by atoms with Gasteiger partial charge in [0.05, 0.1) is 0 Å². The third kappa shape index (κ3) is 4.80. The van der Waals surface area contributed by atoms with Crippen LogP contribution in [0, 0.1) is 5.92 Å². The highest BCUT2D eigenvalue weighted by molar-refractivity contribution is 7.99. The normalized spacial score (nSPS) is 12.5. The van der Waals surface area contributed by atoms with Crippen LogP contribution in [0.25, 0.3) is 0 Å². The maximum atomic E-state index is 12.1. The van der Waals surface area contributed by atoms with Crippen LogP contribution in [0.4, 0.5) is 8.78 Å². The highest BCUT2D eigenvalue weighted by Crippen LogP contribution is 2.25. The zero-order valence-corrected chi connectivity index (χ0v) is 11.8. The van der Waals surface area contributed by atoms with E-state index in [1.807, 2.05) is 0 Å². The van der Waals surface area contributed by atoms with Crippen molar-refractivity contribution in [3.63, 3.8) is 0 Å². The number of amides is 1. The zero-order chi connectivity index (χ0) is 15.3. The number of rotatable bonds is 6. The molecule has 0 saturated heterocycles. The van der Waals surface area contributed by atoms with E-state index in [4.69, 9.17) is 5.11 Å². The van der Waals surface area contributed by atoms with Gasteiger partial charge in [0.1, 0.15) is 6.04 Å². The second kappa shape index (κ2) is 7.23. The summed E-state index contributed by atoms with van der Waals surface area (Å²) in [6.07, 6.45) is 0. The van der Waals surface area contributed by atoms with Crippen LogP contribution in [0.15, 0.2) is 29.2 Å². The van der Waals surface area contributed by atoms with Gasteiger partial charge in [-0.05, 0) is 30.2 Å². The predicted octanol–water partition coefficient (Wildman–Crippen LogP) is 2.84. The minimum Gasteiger partial charge on any atom is -0.480 e. The molecule has 0 aromatic heterocycles. The summed E-state index contributed by atoms with van der Waals surface area (Å²) in [6, 6.07) is 4.59. The van der Waals surface area contributed by atoms with Crippen LogP contribution in [0.5, 0.6) is 0 Å². The van der Waals surface area contributed by atoms with Gasteiger partial charge >= 0.3 is 5.97 Å². The number of thioether (sulfide) groups is 1. The molecule has 0 heterocycles. The number of benzene rings is 1. The molecule has 0 fully saturated rings. The van der Waals surface area contributed by atoms with Gasteiger partial charge in [0, 0.05) is 10.5 Å². The number of alkyl halides is 2. The molecule has 4 nitrogen and oxygen atoms in total. The average Bonchev–Trinajstić information content (AvgIpc) is 2.35. The Morgan fingerprint density at radius 2 is 1.75 bits per heavy atom. The Morgan fingerprint density at radius 3 is 2.15 bits per heavy atom. The molecule has 0 spiro atoms. The van der Waals surface area contributed by atoms with Crippen LogP contribution < -0.4 is 5.32 Å². The lowest BCUT2D eigenvalue weighted by molar-refractivity contribution is -0.140. The third-order valence-corrected chi connectivity index (χ3v) is 3.28. The van der Waals surface area contributed by atoms with Crippen molar-refractivity contribution in [3.8, 4) is 0 Å². The van der Waals surface area contributed by atoms with Gasteiger partial charge in [-0.15, -0.1) is 0 Å². The number of carboxylic acid groups (broad SMARTS) is 1. The summed E-state index contributed by atoms with van der Waals surface area (Å²) in [6.45, 7) is 3.36. The summed E-state index contributed by atoms with van der Waals surface area (Å²) in [4.78, 5) is 23.2. The van der Waals surface area contributed by atoms with E-state index in [2.05, 4.69) is 5.32 Å². The van der Waals surface area contributed by atoms with Gasteiger partial charge < -0.3 is 10.4 Å². The van der Waals surface area contributed by atoms with E-state index in [0.717, 1.165) is 0 Å². The van der Waals surface area contributed by atoms with E-state index in [1.165, 1.54) is 24.3 Å². The molecule has 1 atom stereocenters. The molecule has 0 radical (unpaired) electrons. The van der Waals surface area contributed by atoms with E-state index in [1.54, 1.807) is 13.8 Å². The molecule has 0 aliphatic heterocycles. The smallest absolute Gasteiger partial charge is 0.326 e. The molecule has 0 bridgehead atoms. The largest absolute Gasteiger partial charge is 0.480 e. The summed E-state index contributed by atoms with van der Waals surface area (Å²) < 4.78 is 24.3. The monoisotopic (exact) mass is 303 g/mol. The lowest BCUT2D eigenvalue weighted by atomic mass is 10.0. The number of hydrogen-bond donors (Lipinski definition) is 2. The van der Waals surface area contributed by atoms with Crippen LogP contribution >= 0.6 is 11.8 Å². The van der Waals surface area contributed by atoms with Crippen LogP contribution in [-0.4, -0.2) is 28.8 Å². The Morgan fingerprint density at radius 1 is 1.20 bits per heavy atom. The summed E-state index contributed by atoms with van der Waals surface area (Å²) in [5.74, 6) is -4.44. The summed E-state index contributed by atoms with van der Waals surface area (Å²) in [7, 11) is 0. The molecule has 1 aromatic carbocycles. The standard InChI is InChI=1S/C13H15F2NO3S/c1-7(2)10(12(18)19)16-11(17)8-3-5-9(6-4-8)20-13(14)15/h3-7,10,13H,1-2H3,(H,16,17)(H,18,19)/t10-/m1/s1. The molecule has 0 unspecified atom stereocenters. The fraction of sp³-hybridized carbons (Fsp3) is 0.385. The minimum atomic E-state index is -2.52. The van der Waals surface area contributed by atoms with E-state index in [0.29, 0.717) is 16.7 Å². The van der Waals surface area contributed by atoms with Gasteiger partial charge in [0.15, 0.2) is 0 Å². The third-order valence-electron chi connectivity index (χ3n) is 2.56. The molecule has 1 amide bonds. The van der Waals surface area contributed by atoms with Crippen molar-refractivity contribution in [1.29, 1.82) is 0 Å². The van der Waals surface area contributed by atoms with Gasteiger partial charge in [0.25, 0.3) is 11.7 Å². The number of carbonyl (C=O) groups excluding carboxylic acids is 1. The van der Waals surface area contributed by atoms with Crippen LogP contribution in [-0.2, 0) is 4.79 Å². The van der Waals surface area contributed by atoms with E-state index < -0.39 is 23.7 Å². The molecule has 0 saturated carbocycles. The van der Waals surface area contributed by atoms with Gasteiger partial charge in [-0.1, -0.05) is 25.6 Å². The molecule has 7 heteroatoms. The van der Waals surface area contributed by atoms with Crippen LogP contribution in [0.3, 0.4) is 0 Å². The number of carbonyl (C=O) groups is 2. The molecule has 1 rings (SSSR count).